The van der Waals surface area contributed by atoms with Crippen LogP contribution in [-0.2, 0) is 14.3 Å². The maximum absolute atomic E-state index is 12.2. The Labute approximate surface area is 171 Å². The standard InChI is InChI=1S/C20H18ClF2NO5/c1-12(28-18(25)10-5-13-3-7-15(27-2)8-4-13)19(26)24-14-6-9-17(16(21)11-14)29-20(22)23/h3-12,20H,1-2H3,(H,24,26)/b10-5+. The molecule has 154 valence electrons. The molecule has 1 N–H and O–H groups in total. The van der Waals surface area contributed by atoms with Crippen molar-refractivity contribution < 1.29 is 32.6 Å². The summed E-state index contributed by atoms with van der Waals surface area (Å²) >= 11 is 5.83. The predicted molar refractivity (Wildman–Crippen MR) is 104 cm³/mol. The zero-order valence-electron chi connectivity index (χ0n) is 15.5. The molecule has 29 heavy (non-hydrogen) atoms. The molecule has 0 radical (unpaired) electrons. The topological polar surface area (TPSA) is 73.9 Å². The van der Waals surface area contributed by atoms with Crippen molar-refractivity contribution >= 4 is 35.2 Å². The summed E-state index contributed by atoms with van der Waals surface area (Å²) in [5, 5.41) is 2.37. The molecule has 2 aromatic carbocycles. The molecule has 0 aliphatic heterocycles. The second-order valence-electron chi connectivity index (χ2n) is 5.70. The van der Waals surface area contributed by atoms with Gasteiger partial charge in [0.15, 0.2) is 6.10 Å². The Kier molecular flexibility index (Phi) is 7.97. The minimum absolute atomic E-state index is 0.102. The highest BCUT2D eigenvalue weighted by Gasteiger charge is 2.17. The predicted octanol–water partition coefficient (Wildman–Crippen LogP) is 4.53. The minimum Gasteiger partial charge on any atom is -0.497 e. The van der Waals surface area contributed by atoms with Gasteiger partial charge >= 0.3 is 12.6 Å². The van der Waals surface area contributed by atoms with Crippen LogP contribution in [-0.4, -0.2) is 31.7 Å². The van der Waals surface area contributed by atoms with E-state index in [9.17, 15) is 18.4 Å². The van der Waals surface area contributed by atoms with Gasteiger partial charge in [-0.2, -0.15) is 8.78 Å². The zero-order valence-corrected chi connectivity index (χ0v) is 16.3. The molecule has 0 aliphatic rings. The van der Waals surface area contributed by atoms with E-state index in [4.69, 9.17) is 21.1 Å². The van der Waals surface area contributed by atoms with E-state index in [1.807, 2.05) is 0 Å². The highest BCUT2D eigenvalue weighted by atomic mass is 35.5. The number of hydrogen-bond donors (Lipinski definition) is 1. The molecule has 0 fully saturated rings. The smallest absolute Gasteiger partial charge is 0.387 e. The molecule has 0 saturated heterocycles. The molecular weight excluding hydrogens is 408 g/mol. The van der Waals surface area contributed by atoms with E-state index >= 15 is 0 Å². The van der Waals surface area contributed by atoms with Crippen molar-refractivity contribution in [3.05, 3.63) is 59.1 Å². The maximum Gasteiger partial charge on any atom is 0.387 e. The molecule has 0 heterocycles. The van der Waals surface area contributed by atoms with Crippen molar-refractivity contribution in [2.45, 2.75) is 19.6 Å². The Morgan fingerprint density at radius 1 is 1.14 bits per heavy atom. The van der Waals surface area contributed by atoms with Gasteiger partial charge in [0.1, 0.15) is 11.5 Å². The lowest BCUT2D eigenvalue weighted by atomic mass is 10.2. The van der Waals surface area contributed by atoms with E-state index in [-0.39, 0.29) is 16.5 Å². The van der Waals surface area contributed by atoms with Crippen molar-refractivity contribution in [1.82, 2.24) is 0 Å². The van der Waals surface area contributed by atoms with Crippen LogP contribution in [0.1, 0.15) is 12.5 Å². The zero-order chi connectivity index (χ0) is 21.4. The lowest BCUT2D eigenvalue weighted by molar-refractivity contribution is -0.148. The average Bonchev–Trinajstić information content (AvgIpc) is 2.68. The second-order valence-corrected chi connectivity index (χ2v) is 6.11. The number of anilines is 1. The van der Waals surface area contributed by atoms with Crippen LogP contribution in [0.15, 0.2) is 48.5 Å². The van der Waals surface area contributed by atoms with E-state index in [0.29, 0.717) is 5.75 Å². The summed E-state index contributed by atoms with van der Waals surface area (Å²) in [4.78, 5) is 24.0. The largest absolute Gasteiger partial charge is 0.497 e. The summed E-state index contributed by atoms with van der Waals surface area (Å²) in [7, 11) is 1.55. The van der Waals surface area contributed by atoms with Gasteiger partial charge in [0.25, 0.3) is 5.91 Å². The van der Waals surface area contributed by atoms with Gasteiger partial charge in [-0.15, -0.1) is 0 Å². The molecule has 2 rings (SSSR count). The monoisotopic (exact) mass is 425 g/mol. The summed E-state index contributed by atoms with van der Waals surface area (Å²) in [5.41, 5.74) is 0.985. The number of halogens is 3. The third kappa shape index (κ3) is 7.08. The van der Waals surface area contributed by atoms with E-state index in [1.165, 1.54) is 37.3 Å². The third-order valence-corrected chi connectivity index (χ3v) is 3.90. The van der Waals surface area contributed by atoms with E-state index < -0.39 is 24.6 Å². The molecule has 1 atom stereocenters. The first-order chi connectivity index (χ1) is 13.8. The van der Waals surface area contributed by atoms with Crippen LogP contribution in [0.25, 0.3) is 6.08 Å². The number of benzene rings is 2. The molecule has 6 nitrogen and oxygen atoms in total. The van der Waals surface area contributed by atoms with Crippen molar-refractivity contribution in [2.24, 2.45) is 0 Å². The van der Waals surface area contributed by atoms with Gasteiger partial charge in [0.05, 0.1) is 12.1 Å². The van der Waals surface area contributed by atoms with Gasteiger partial charge < -0.3 is 19.5 Å². The maximum atomic E-state index is 12.2. The van der Waals surface area contributed by atoms with Crippen LogP contribution < -0.4 is 14.8 Å². The molecule has 0 spiro atoms. The summed E-state index contributed by atoms with van der Waals surface area (Å²) in [6.45, 7) is -1.62. The van der Waals surface area contributed by atoms with Crippen molar-refractivity contribution in [1.29, 1.82) is 0 Å². The number of amides is 1. The lowest BCUT2D eigenvalue weighted by Gasteiger charge is -2.13. The van der Waals surface area contributed by atoms with E-state index in [2.05, 4.69) is 10.1 Å². The molecule has 0 bridgehead atoms. The highest BCUT2D eigenvalue weighted by Crippen LogP contribution is 2.29. The Bertz CT molecular complexity index is 887. The molecule has 2 aromatic rings. The number of carbonyl (C=O) groups is 2. The number of nitrogens with one attached hydrogen (secondary N) is 1. The van der Waals surface area contributed by atoms with E-state index in [0.717, 1.165) is 5.56 Å². The fraction of sp³-hybridized carbons (Fsp3) is 0.200. The number of hydrogen-bond acceptors (Lipinski definition) is 5. The van der Waals surface area contributed by atoms with Gasteiger partial charge in [0.2, 0.25) is 0 Å². The van der Waals surface area contributed by atoms with Crippen molar-refractivity contribution in [3.63, 3.8) is 0 Å². The second kappa shape index (κ2) is 10.4. The lowest BCUT2D eigenvalue weighted by Crippen LogP contribution is -2.29. The van der Waals surface area contributed by atoms with Crippen LogP contribution in [0.4, 0.5) is 14.5 Å². The first-order valence-corrected chi connectivity index (χ1v) is 8.74. The third-order valence-electron chi connectivity index (χ3n) is 3.61. The van der Waals surface area contributed by atoms with Gasteiger partial charge in [-0.3, -0.25) is 4.79 Å². The van der Waals surface area contributed by atoms with Crippen molar-refractivity contribution in [2.75, 3.05) is 12.4 Å². The highest BCUT2D eigenvalue weighted by molar-refractivity contribution is 6.32. The minimum atomic E-state index is -3.02. The van der Waals surface area contributed by atoms with Crippen LogP contribution in [0.3, 0.4) is 0 Å². The molecule has 1 amide bonds. The van der Waals surface area contributed by atoms with Gasteiger partial charge in [-0.1, -0.05) is 23.7 Å². The molecule has 9 heteroatoms. The number of carbonyl (C=O) groups excluding carboxylic acids is 2. The Morgan fingerprint density at radius 2 is 1.83 bits per heavy atom. The van der Waals surface area contributed by atoms with Crippen LogP contribution in [0.2, 0.25) is 5.02 Å². The first-order valence-electron chi connectivity index (χ1n) is 8.36. The summed E-state index contributed by atoms with van der Waals surface area (Å²) in [6, 6.07) is 10.8. The molecule has 0 aromatic heterocycles. The molecular formula is C20H18ClF2NO5. The van der Waals surface area contributed by atoms with E-state index in [1.54, 1.807) is 31.4 Å². The normalized spacial score (nSPS) is 11.9. The summed E-state index contributed by atoms with van der Waals surface area (Å²) in [6.07, 6.45) is 1.63. The quantitative estimate of drug-likeness (QED) is 0.496. The van der Waals surface area contributed by atoms with Gasteiger partial charge in [-0.25, -0.2) is 4.79 Å². The van der Waals surface area contributed by atoms with Gasteiger partial charge in [-0.05, 0) is 48.9 Å². The number of esters is 1. The summed E-state index contributed by atoms with van der Waals surface area (Å²) in [5.74, 6) is -0.858. The van der Waals surface area contributed by atoms with Crippen molar-refractivity contribution in [3.8, 4) is 11.5 Å². The van der Waals surface area contributed by atoms with Gasteiger partial charge in [0, 0.05) is 11.8 Å². The molecule has 1 unspecified atom stereocenters. The molecule has 0 saturated carbocycles. The Balaban J connectivity index is 1.90. The van der Waals surface area contributed by atoms with Crippen LogP contribution in [0.5, 0.6) is 11.5 Å². The Hall–Kier alpha value is -3.13. The number of rotatable bonds is 8. The number of alkyl halides is 2. The summed E-state index contributed by atoms with van der Waals surface area (Å²) < 4.78 is 38.8. The average molecular weight is 426 g/mol. The molecule has 0 aliphatic carbocycles. The SMILES string of the molecule is COc1ccc(/C=C/C(=O)OC(C)C(=O)Nc2ccc(OC(F)F)c(Cl)c2)cc1. The van der Waals surface area contributed by atoms with Crippen LogP contribution >= 0.6 is 11.6 Å². The number of ether oxygens (including phenoxy) is 3. The fourth-order valence-electron chi connectivity index (χ4n) is 2.16. The Morgan fingerprint density at radius 3 is 2.41 bits per heavy atom. The van der Waals surface area contributed by atoms with Crippen LogP contribution in [0, 0.1) is 0 Å². The fourth-order valence-corrected chi connectivity index (χ4v) is 2.39. The number of methoxy groups -OCH3 is 1. The first kappa shape index (κ1) is 22.2.